The first-order chi connectivity index (χ1) is 14.0. The Morgan fingerprint density at radius 2 is 1.73 bits per heavy atom. The van der Waals surface area contributed by atoms with Gasteiger partial charge in [0.1, 0.15) is 5.60 Å². The molecular formula is C23H29N3O4. The molecule has 0 spiro atoms. The summed E-state index contributed by atoms with van der Waals surface area (Å²) in [5, 5.41) is 9.07. The fraction of sp³-hybridized carbons (Fsp3) is 0.435. The summed E-state index contributed by atoms with van der Waals surface area (Å²) in [6, 6.07) is 8.75. The fourth-order valence-corrected chi connectivity index (χ4v) is 3.40. The lowest BCUT2D eigenvalue weighted by atomic mass is 10.1. The highest BCUT2D eigenvalue weighted by Crippen LogP contribution is 2.42. The van der Waals surface area contributed by atoms with Crippen LogP contribution in [0.15, 0.2) is 42.7 Å². The molecule has 0 saturated heterocycles. The van der Waals surface area contributed by atoms with E-state index < -0.39 is 11.6 Å². The molecule has 160 valence electrons. The van der Waals surface area contributed by atoms with Crippen LogP contribution in [0.3, 0.4) is 0 Å². The monoisotopic (exact) mass is 411 g/mol. The highest BCUT2D eigenvalue weighted by Gasteiger charge is 2.50. The van der Waals surface area contributed by atoms with Gasteiger partial charge in [-0.25, -0.2) is 9.59 Å². The Morgan fingerprint density at radius 3 is 2.27 bits per heavy atom. The van der Waals surface area contributed by atoms with Crippen molar-refractivity contribution in [2.75, 3.05) is 25.5 Å². The SMILES string of the molecule is CN(CC1(N(C)C(=O)OC(C)(C)C)CC1)c1cncc(-c2ccc(C(=O)O)cc2)c1. The standard InChI is InChI=1S/C23H29N3O4/c1-22(2,3)30-21(29)26(5)23(10-11-23)15-25(4)19-12-18(13-24-14-19)16-6-8-17(9-7-16)20(27)28/h6-9,12-14H,10-11,15H2,1-5H3,(H,27,28). The molecule has 1 saturated carbocycles. The number of carboxylic acids is 1. The Hall–Kier alpha value is -3.09. The molecule has 2 aromatic rings. The topological polar surface area (TPSA) is 83.0 Å². The number of carbonyl (C=O) groups is 2. The molecule has 1 aromatic heterocycles. The highest BCUT2D eigenvalue weighted by molar-refractivity contribution is 5.88. The number of pyridine rings is 1. The van der Waals surface area contributed by atoms with E-state index in [9.17, 15) is 9.59 Å². The zero-order valence-electron chi connectivity index (χ0n) is 18.2. The number of ether oxygens (including phenoxy) is 1. The summed E-state index contributed by atoms with van der Waals surface area (Å²) in [6.45, 7) is 6.27. The van der Waals surface area contributed by atoms with E-state index in [1.807, 2.05) is 33.9 Å². The smallest absolute Gasteiger partial charge is 0.410 e. The van der Waals surface area contributed by atoms with E-state index >= 15 is 0 Å². The summed E-state index contributed by atoms with van der Waals surface area (Å²) in [6.07, 6.45) is 5.10. The van der Waals surface area contributed by atoms with Gasteiger partial charge in [-0.15, -0.1) is 0 Å². The van der Waals surface area contributed by atoms with Crippen molar-refractivity contribution in [3.63, 3.8) is 0 Å². The molecular weight excluding hydrogens is 382 g/mol. The van der Waals surface area contributed by atoms with Gasteiger partial charge in [-0.05, 0) is 57.4 Å². The number of anilines is 1. The van der Waals surface area contributed by atoms with Gasteiger partial charge in [0.05, 0.1) is 23.0 Å². The van der Waals surface area contributed by atoms with Crippen LogP contribution < -0.4 is 4.90 Å². The van der Waals surface area contributed by atoms with Crippen LogP contribution in [0.4, 0.5) is 10.5 Å². The van der Waals surface area contributed by atoms with Gasteiger partial charge in [-0.1, -0.05) is 12.1 Å². The predicted molar refractivity (Wildman–Crippen MR) is 116 cm³/mol. The third-order valence-corrected chi connectivity index (χ3v) is 5.37. The third kappa shape index (κ3) is 4.90. The number of hydrogen-bond donors (Lipinski definition) is 1. The van der Waals surface area contributed by atoms with Gasteiger partial charge in [0.25, 0.3) is 0 Å². The minimum Gasteiger partial charge on any atom is -0.478 e. The van der Waals surface area contributed by atoms with Crippen LogP contribution in [0.25, 0.3) is 11.1 Å². The first-order valence-corrected chi connectivity index (χ1v) is 9.97. The summed E-state index contributed by atoms with van der Waals surface area (Å²) in [5.41, 5.74) is 2.22. The summed E-state index contributed by atoms with van der Waals surface area (Å²) in [4.78, 5) is 31.7. The number of aromatic nitrogens is 1. The van der Waals surface area contributed by atoms with E-state index in [-0.39, 0.29) is 17.2 Å². The van der Waals surface area contributed by atoms with E-state index in [0.717, 1.165) is 29.7 Å². The normalized spacial score (nSPS) is 14.7. The van der Waals surface area contributed by atoms with Gasteiger partial charge in [0, 0.05) is 32.4 Å². The molecule has 1 N–H and O–H groups in total. The first-order valence-electron chi connectivity index (χ1n) is 9.97. The number of amides is 1. The Balaban J connectivity index is 1.73. The molecule has 1 aromatic carbocycles. The second-order valence-corrected chi connectivity index (χ2v) is 8.93. The lowest BCUT2D eigenvalue weighted by Crippen LogP contribution is -2.48. The van der Waals surface area contributed by atoms with E-state index in [4.69, 9.17) is 9.84 Å². The summed E-state index contributed by atoms with van der Waals surface area (Å²) >= 11 is 0. The molecule has 7 nitrogen and oxygen atoms in total. The van der Waals surface area contributed by atoms with Crippen molar-refractivity contribution < 1.29 is 19.4 Å². The minimum absolute atomic E-state index is 0.240. The van der Waals surface area contributed by atoms with Crippen LogP contribution in [0.1, 0.15) is 44.0 Å². The Morgan fingerprint density at radius 1 is 1.10 bits per heavy atom. The van der Waals surface area contributed by atoms with Gasteiger partial charge < -0.3 is 19.6 Å². The fourth-order valence-electron chi connectivity index (χ4n) is 3.40. The number of benzene rings is 1. The molecule has 0 radical (unpaired) electrons. The first kappa shape index (κ1) is 21.6. The van der Waals surface area contributed by atoms with Crippen molar-refractivity contribution in [1.82, 2.24) is 9.88 Å². The number of nitrogens with zero attached hydrogens (tertiary/aromatic N) is 3. The minimum atomic E-state index is -0.947. The molecule has 1 amide bonds. The van der Waals surface area contributed by atoms with Crippen molar-refractivity contribution in [2.45, 2.75) is 44.8 Å². The maximum absolute atomic E-state index is 12.5. The zero-order valence-corrected chi connectivity index (χ0v) is 18.2. The molecule has 0 unspecified atom stereocenters. The molecule has 1 heterocycles. The number of hydrogen-bond acceptors (Lipinski definition) is 5. The van der Waals surface area contributed by atoms with Crippen molar-refractivity contribution in [3.8, 4) is 11.1 Å². The number of likely N-dealkylation sites (N-methyl/N-ethyl adjacent to an activating group) is 2. The van der Waals surface area contributed by atoms with Gasteiger partial charge in [0.2, 0.25) is 0 Å². The maximum atomic E-state index is 12.5. The van der Waals surface area contributed by atoms with Crippen molar-refractivity contribution in [3.05, 3.63) is 48.3 Å². The Kier molecular flexibility index (Phi) is 5.74. The second kappa shape index (κ2) is 7.97. The van der Waals surface area contributed by atoms with Crippen molar-refractivity contribution in [2.24, 2.45) is 0 Å². The maximum Gasteiger partial charge on any atom is 0.410 e. The van der Waals surface area contributed by atoms with Gasteiger partial charge >= 0.3 is 12.1 Å². The summed E-state index contributed by atoms with van der Waals surface area (Å²) < 4.78 is 5.53. The quantitative estimate of drug-likeness (QED) is 0.764. The van der Waals surface area contributed by atoms with Crippen LogP contribution in [0, 0.1) is 0 Å². The molecule has 1 aliphatic carbocycles. The number of carbonyl (C=O) groups excluding carboxylic acids is 1. The number of rotatable bonds is 6. The van der Waals surface area contributed by atoms with Crippen LogP contribution in [0.2, 0.25) is 0 Å². The predicted octanol–water partition coefficient (Wildman–Crippen LogP) is 4.28. The molecule has 0 aliphatic heterocycles. The molecule has 7 heteroatoms. The average molecular weight is 412 g/mol. The lowest BCUT2D eigenvalue weighted by Gasteiger charge is -2.34. The number of carboxylic acid groups (broad SMARTS) is 1. The molecule has 0 atom stereocenters. The highest BCUT2D eigenvalue weighted by atomic mass is 16.6. The van der Waals surface area contributed by atoms with Crippen molar-refractivity contribution in [1.29, 1.82) is 0 Å². The van der Waals surface area contributed by atoms with E-state index in [1.54, 1.807) is 48.6 Å². The van der Waals surface area contributed by atoms with E-state index in [0.29, 0.717) is 6.54 Å². The van der Waals surface area contributed by atoms with E-state index in [2.05, 4.69) is 9.88 Å². The van der Waals surface area contributed by atoms with Gasteiger partial charge in [-0.2, -0.15) is 0 Å². The Bertz CT molecular complexity index is 930. The van der Waals surface area contributed by atoms with Crippen molar-refractivity contribution >= 4 is 17.7 Å². The van der Waals surface area contributed by atoms with Crippen LogP contribution in [-0.2, 0) is 4.74 Å². The molecule has 3 rings (SSSR count). The molecule has 1 aliphatic rings. The molecule has 1 fully saturated rings. The van der Waals surface area contributed by atoms with Gasteiger partial charge in [-0.3, -0.25) is 4.98 Å². The molecule has 30 heavy (non-hydrogen) atoms. The van der Waals surface area contributed by atoms with E-state index in [1.165, 1.54) is 0 Å². The Labute approximate surface area is 177 Å². The largest absolute Gasteiger partial charge is 0.478 e. The zero-order chi connectivity index (χ0) is 22.1. The summed E-state index contributed by atoms with van der Waals surface area (Å²) in [5.74, 6) is -0.947. The number of aromatic carboxylic acids is 1. The van der Waals surface area contributed by atoms with Gasteiger partial charge in [0.15, 0.2) is 0 Å². The molecule has 0 bridgehead atoms. The second-order valence-electron chi connectivity index (χ2n) is 8.93. The average Bonchev–Trinajstić information content (AvgIpc) is 3.46. The van der Waals surface area contributed by atoms with Crippen LogP contribution >= 0.6 is 0 Å². The summed E-state index contributed by atoms with van der Waals surface area (Å²) in [7, 11) is 3.78. The van der Waals surface area contributed by atoms with Crippen LogP contribution in [0.5, 0.6) is 0 Å². The third-order valence-electron chi connectivity index (χ3n) is 5.37. The van der Waals surface area contributed by atoms with Crippen LogP contribution in [-0.4, -0.2) is 58.8 Å². The lowest BCUT2D eigenvalue weighted by molar-refractivity contribution is 0.0202.